The number of aromatic amines is 1. The number of carbonyl (C=O) groups is 3. The maximum Gasteiger partial charge on any atom is 0.411 e. The number of amides is 1. The van der Waals surface area contributed by atoms with Crippen molar-refractivity contribution in [1.29, 1.82) is 0 Å². The van der Waals surface area contributed by atoms with Crippen LogP contribution in [0.4, 0.5) is 4.79 Å². The fourth-order valence-electron chi connectivity index (χ4n) is 8.68. The highest BCUT2D eigenvalue weighted by molar-refractivity contribution is 6.16. The molecule has 5 N–H and O–H groups in total. The Morgan fingerprint density at radius 3 is 2.65 bits per heavy atom. The minimum absolute atomic E-state index is 0.0256. The van der Waals surface area contributed by atoms with Gasteiger partial charge in [-0.3, -0.25) is 19.9 Å². The molecule has 2 saturated heterocycles. The first-order valence-electron chi connectivity index (χ1n) is 20.4. The normalized spacial score (nSPS) is 32.8. The summed E-state index contributed by atoms with van der Waals surface area (Å²) in [5.41, 5.74) is -2.52. The Balaban J connectivity index is 1.32. The van der Waals surface area contributed by atoms with Gasteiger partial charge in [-0.15, -0.1) is 0 Å². The lowest BCUT2D eigenvalue weighted by atomic mass is 9.70. The highest BCUT2D eigenvalue weighted by Gasteiger charge is 2.59. The number of rotatable bonds is 10. The van der Waals surface area contributed by atoms with E-state index in [0.29, 0.717) is 47.2 Å². The molecule has 7 rings (SSSR count). The number of nitrogens with zero attached hydrogens (tertiary/aromatic N) is 1. The number of hydrogen-bond acceptors (Lipinski definition) is 12. The Hall–Kier alpha value is -5.32. The van der Waals surface area contributed by atoms with E-state index in [0.717, 1.165) is 20.0 Å². The number of methoxy groups -OCH3 is 1. The molecular formula is C46H51N3O11. The molecule has 14 nitrogen and oxygen atoms in total. The minimum Gasteiger partial charge on any atom is -0.508 e. The van der Waals surface area contributed by atoms with Gasteiger partial charge in [0.1, 0.15) is 29.8 Å². The number of aliphatic hydroxyl groups excluding tert-OH is 1. The maximum atomic E-state index is 15.0. The van der Waals surface area contributed by atoms with Gasteiger partial charge in [0.2, 0.25) is 0 Å². The summed E-state index contributed by atoms with van der Waals surface area (Å²) in [4.78, 5) is 49.3. The number of fused-ring (bicyclic) bond motifs is 5. The molecule has 4 aliphatic rings. The number of carbonyl (C=O) groups excluding carboxylic acids is 3. The first-order valence-corrected chi connectivity index (χ1v) is 20.4. The van der Waals surface area contributed by atoms with E-state index in [9.17, 15) is 29.7 Å². The number of alkyl carbamates (subject to hydrolysis) is 1. The van der Waals surface area contributed by atoms with Crippen LogP contribution in [-0.4, -0.2) is 99.3 Å². The molecule has 1 aromatic carbocycles. The van der Waals surface area contributed by atoms with Crippen LogP contribution in [0.25, 0.3) is 21.8 Å². The number of nitrogens with one attached hydrogen (secondary N) is 2. The summed E-state index contributed by atoms with van der Waals surface area (Å²) in [5.74, 6) is 10.8. The summed E-state index contributed by atoms with van der Waals surface area (Å²) in [6.07, 6.45) is -0.204. The van der Waals surface area contributed by atoms with Crippen molar-refractivity contribution in [3.63, 3.8) is 0 Å². The number of aliphatic hydroxyl groups is 2. The fraction of sp³-hybridized carbons (Fsp3) is 0.478. The van der Waals surface area contributed by atoms with E-state index in [1.807, 2.05) is 6.92 Å². The number of aromatic hydroxyl groups is 1. The van der Waals surface area contributed by atoms with E-state index in [-0.39, 0.29) is 34.2 Å². The zero-order valence-electron chi connectivity index (χ0n) is 34.5. The van der Waals surface area contributed by atoms with Crippen LogP contribution < -0.4 is 5.32 Å². The lowest BCUT2D eigenvalue weighted by Gasteiger charge is -2.50. The van der Waals surface area contributed by atoms with Gasteiger partial charge >= 0.3 is 6.09 Å². The molecular weight excluding hydrogens is 771 g/mol. The van der Waals surface area contributed by atoms with Gasteiger partial charge in [-0.2, -0.15) is 0 Å². The van der Waals surface area contributed by atoms with E-state index in [2.05, 4.69) is 52.8 Å². The van der Waals surface area contributed by atoms with Gasteiger partial charge < -0.3 is 44.0 Å². The molecule has 0 radical (unpaired) electrons. The van der Waals surface area contributed by atoms with Gasteiger partial charge in [0, 0.05) is 40.1 Å². The van der Waals surface area contributed by atoms with Gasteiger partial charge in [-0.1, -0.05) is 56.9 Å². The number of ketones is 2. The van der Waals surface area contributed by atoms with E-state index in [1.165, 1.54) is 24.4 Å². The molecule has 1 amide bonds. The zero-order chi connectivity index (χ0) is 42.9. The number of allylic oxidation sites excluding steroid dienone is 4. The van der Waals surface area contributed by atoms with Crippen LogP contribution in [0.2, 0.25) is 0 Å². The van der Waals surface area contributed by atoms with Crippen LogP contribution in [0.1, 0.15) is 77.2 Å². The zero-order valence-corrected chi connectivity index (χ0v) is 34.5. The Bertz CT molecular complexity index is 2410. The minimum atomic E-state index is -1.98. The van der Waals surface area contributed by atoms with Gasteiger partial charge in [0.05, 0.1) is 42.9 Å². The second kappa shape index (κ2) is 17.3. The van der Waals surface area contributed by atoms with Crippen LogP contribution in [0.5, 0.6) is 5.75 Å². The summed E-state index contributed by atoms with van der Waals surface area (Å²) in [5, 5.41) is 38.7. The third kappa shape index (κ3) is 7.87. The number of phenols is 1. The molecule has 2 aromatic heterocycles. The van der Waals surface area contributed by atoms with Crippen LogP contribution in [0.15, 0.2) is 65.5 Å². The quantitative estimate of drug-likeness (QED) is 0.127. The molecule has 2 fully saturated rings. The Labute approximate surface area is 348 Å². The maximum absolute atomic E-state index is 15.0. The molecule has 2 bridgehead atoms. The van der Waals surface area contributed by atoms with Crippen molar-refractivity contribution in [2.24, 2.45) is 17.3 Å². The molecule has 8 unspecified atom stereocenters. The summed E-state index contributed by atoms with van der Waals surface area (Å²) in [7, 11) is 1.15. The van der Waals surface area contributed by atoms with Crippen molar-refractivity contribution in [1.82, 2.24) is 15.3 Å². The number of pyridine rings is 1. The lowest BCUT2D eigenvalue weighted by Crippen LogP contribution is -2.65. The molecule has 2 aliphatic heterocycles. The van der Waals surface area contributed by atoms with Crippen molar-refractivity contribution < 1.29 is 53.4 Å². The number of aromatic nitrogens is 2. The third-order valence-corrected chi connectivity index (χ3v) is 12.2. The lowest BCUT2D eigenvalue weighted by molar-refractivity contribution is -0.339. The number of phenolic OH excluding ortho intramolecular Hbond substituents is 1. The predicted octanol–water partition coefficient (Wildman–Crippen LogP) is 5.51. The largest absolute Gasteiger partial charge is 0.508 e. The van der Waals surface area contributed by atoms with Crippen LogP contribution in [-0.2, 0) is 28.5 Å². The molecule has 0 spiro atoms. The van der Waals surface area contributed by atoms with Crippen LogP contribution in [0.3, 0.4) is 0 Å². The summed E-state index contributed by atoms with van der Waals surface area (Å²) < 4.78 is 31.1. The molecule has 3 aromatic rings. The van der Waals surface area contributed by atoms with Gasteiger partial charge in [-0.25, -0.2) is 4.79 Å². The number of ether oxygens (including phenoxy) is 5. The van der Waals surface area contributed by atoms with Gasteiger partial charge in [-0.05, 0) is 74.9 Å². The van der Waals surface area contributed by atoms with E-state index < -0.39 is 72.1 Å². The Kier molecular flexibility index (Phi) is 12.4. The van der Waals surface area contributed by atoms with Crippen molar-refractivity contribution >= 4 is 39.5 Å². The first kappa shape index (κ1) is 42.8. The molecule has 316 valence electrons. The van der Waals surface area contributed by atoms with Crippen molar-refractivity contribution in [2.45, 2.75) is 109 Å². The molecule has 4 heterocycles. The fourth-order valence-corrected chi connectivity index (χ4v) is 8.68. The third-order valence-electron chi connectivity index (χ3n) is 12.2. The molecule has 10 atom stereocenters. The molecule has 14 heteroatoms. The van der Waals surface area contributed by atoms with Crippen molar-refractivity contribution in [3.05, 3.63) is 71.2 Å². The standard InChI is InChI=1S/C46H51N3O11/c1-7-13-27-24-57-35(21-25(27)3)60-40-42(53)45(5,41(52)39-37-29(18-20-47-39)30-22-28(50)16-17-32(30)48-37)26(4)58-43(40)59-34-15-11-9-10-12-19-46(55)23-33(51)38(49-44(54)56-6)36(34)31(46)14-8-2/h9-10,14,16-18,20,22,25-27,34-35,40,42-43,48,50,53,55H,7-8,13,21,23-24H2,1-6H3,(H,49,54)/b10-9-,31-14+/t25?,26?,27?,34-,35?,40?,42?,43?,45?,46-/m0/s1. The van der Waals surface area contributed by atoms with E-state index in [1.54, 1.807) is 38.1 Å². The number of hydrogen-bond donors (Lipinski definition) is 5. The van der Waals surface area contributed by atoms with E-state index in [4.69, 9.17) is 23.7 Å². The van der Waals surface area contributed by atoms with Gasteiger partial charge in [0.15, 0.2) is 29.7 Å². The molecule has 0 saturated carbocycles. The van der Waals surface area contributed by atoms with Crippen LogP contribution in [0, 0.1) is 40.9 Å². The second-order valence-electron chi connectivity index (χ2n) is 16.1. The molecule has 60 heavy (non-hydrogen) atoms. The van der Waals surface area contributed by atoms with Crippen LogP contribution >= 0.6 is 0 Å². The first-order chi connectivity index (χ1) is 28.7. The summed E-state index contributed by atoms with van der Waals surface area (Å²) in [6.45, 7) is 9.73. The number of Topliss-reactive ketones (excluding diaryl/α,β-unsaturated/α-hetero) is 2. The highest BCUT2D eigenvalue weighted by atomic mass is 16.7. The van der Waals surface area contributed by atoms with Gasteiger partial charge in [0.25, 0.3) is 0 Å². The second-order valence-corrected chi connectivity index (χ2v) is 16.1. The summed E-state index contributed by atoms with van der Waals surface area (Å²) >= 11 is 0. The Morgan fingerprint density at radius 2 is 1.92 bits per heavy atom. The van der Waals surface area contributed by atoms with Crippen molar-refractivity contribution in [3.8, 4) is 29.4 Å². The number of H-pyrrole nitrogens is 1. The van der Waals surface area contributed by atoms with E-state index >= 15 is 0 Å². The average molecular weight is 822 g/mol. The highest BCUT2D eigenvalue weighted by Crippen LogP contribution is 2.45. The average Bonchev–Trinajstić information content (AvgIpc) is 3.59. The monoisotopic (exact) mass is 821 g/mol. The topological polar surface area (TPSA) is 199 Å². The predicted molar refractivity (Wildman–Crippen MR) is 220 cm³/mol. The SMILES string of the molecule is CC/C=C1\C2=C(NC(=O)OC)C(=O)C[C@@]1(O)C#C/C=C\C#C[C@@H]2OC1OC(C)C(C)(C(=O)c2nccc3c2[nH]c2ccc(O)cc23)C(O)C1OC1CC(C)C(CCC)CO1. The smallest absolute Gasteiger partial charge is 0.411 e. The number of benzene rings is 1. The van der Waals surface area contributed by atoms with Crippen molar-refractivity contribution in [2.75, 3.05) is 13.7 Å². The Morgan fingerprint density at radius 1 is 1.13 bits per heavy atom. The summed E-state index contributed by atoms with van der Waals surface area (Å²) in [6, 6.07) is 6.58. The molecule has 2 aliphatic carbocycles.